The van der Waals surface area contributed by atoms with E-state index in [1.807, 2.05) is 44.2 Å². The zero-order valence-corrected chi connectivity index (χ0v) is 16.6. The standard InChI is InChI=1S/C22H29FN4O/c1-3-24-22(26-14-12-19-9-10-20(23)15-17(19)2)27-16-21(28)25-13-11-18-7-5-4-6-8-18/h4-10,15H,3,11-14,16H2,1-2H3,(H,25,28)(H2,24,26,27). The highest BCUT2D eigenvalue weighted by molar-refractivity contribution is 5.84. The Bertz CT molecular complexity index is 777. The van der Waals surface area contributed by atoms with Crippen molar-refractivity contribution in [2.75, 3.05) is 26.2 Å². The summed E-state index contributed by atoms with van der Waals surface area (Å²) in [6.45, 7) is 5.88. The lowest BCUT2D eigenvalue weighted by atomic mass is 10.1. The van der Waals surface area contributed by atoms with Crippen molar-refractivity contribution in [1.82, 2.24) is 16.0 Å². The van der Waals surface area contributed by atoms with Crippen LogP contribution in [0.4, 0.5) is 4.39 Å². The number of amides is 1. The Morgan fingerprint density at radius 1 is 1.00 bits per heavy atom. The number of guanidine groups is 1. The van der Waals surface area contributed by atoms with Crippen molar-refractivity contribution in [2.45, 2.75) is 26.7 Å². The van der Waals surface area contributed by atoms with Gasteiger partial charge in [-0.3, -0.25) is 4.79 Å². The summed E-state index contributed by atoms with van der Waals surface area (Å²) in [5, 5.41) is 9.23. The van der Waals surface area contributed by atoms with Crippen molar-refractivity contribution >= 4 is 11.9 Å². The van der Waals surface area contributed by atoms with Crippen molar-refractivity contribution in [2.24, 2.45) is 4.99 Å². The van der Waals surface area contributed by atoms with Gasteiger partial charge < -0.3 is 16.0 Å². The molecule has 0 saturated carbocycles. The molecular weight excluding hydrogens is 355 g/mol. The van der Waals surface area contributed by atoms with Crippen LogP contribution in [0.2, 0.25) is 0 Å². The molecule has 150 valence electrons. The molecule has 2 aromatic carbocycles. The number of rotatable bonds is 9. The van der Waals surface area contributed by atoms with Crippen LogP contribution in [0.25, 0.3) is 0 Å². The van der Waals surface area contributed by atoms with E-state index in [0.29, 0.717) is 25.6 Å². The van der Waals surface area contributed by atoms with Crippen molar-refractivity contribution in [3.63, 3.8) is 0 Å². The van der Waals surface area contributed by atoms with Gasteiger partial charge in [0.05, 0.1) is 0 Å². The Morgan fingerprint density at radius 3 is 2.46 bits per heavy atom. The number of aliphatic imine (C=N–C) groups is 1. The van der Waals surface area contributed by atoms with Crippen LogP contribution >= 0.6 is 0 Å². The number of hydrogen-bond donors (Lipinski definition) is 3. The minimum absolute atomic E-state index is 0.0691. The lowest BCUT2D eigenvalue weighted by Crippen LogP contribution is -2.39. The molecule has 0 radical (unpaired) electrons. The lowest BCUT2D eigenvalue weighted by Gasteiger charge is -2.12. The van der Waals surface area contributed by atoms with E-state index >= 15 is 0 Å². The van der Waals surface area contributed by atoms with Gasteiger partial charge in [-0.15, -0.1) is 0 Å². The molecular formula is C22H29FN4O. The second-order valence-corrected chi connectivity index (χ2v) is 6.53. The second-order valence-electron chi connectivity index (χ2n) is 6.53. The topological polar surface area (TPSA) is 65.5 Å². The smallest absolute Gasteiger partial charge is 0.241 e. The molecule has 0 spiro atoms. The van der Waals surface area contributed by atoms with Gasteiger partial charge in [0.25, 0.3) is 0 Å². The first-order valence-corrected chi connectivity index (χ1v) is 9.66. The zero-order valence-electron chi connectivity index (χ0n) is 16.6. The number of benzene rings is 2. The van der Waals surface area contributed by atoms with Crippen LogP contribution in [0, 0.1) is 12.7 Å². The molecule has 0 unspecified atom stereocenters. The molecule has 0 saturated heterocycles. The minimum atomic E-state index is -0.220. The molecule has 0 fully saturated rings. The van der Waals surface area contributed by atoms with Gasteiger partial charge in [0, 0.05) is 19.6 Å². The van der Waals surface area contributed by atoms with Gasteiger partial charge in [-0.25, -0.2) is 9.38 Å². The maximum absolute atomic E-state index is 13.2. The molecule has 0 aliphatic carbocycles. The van der Waals surface area contributed by atoms with Gasteiger partial charge in [-0.05, 0) is 55.5 Å². The normalized spacial score (nSPS) is 11.2. The van der Waals surface area contributed by atoms with Gasteiger partial charge in [0.1, 0.15) is 12.4 Å². The van der Waals surface area contributed by atoms with Crippen molar-refractivity contribution in [3.8, 4) is 0 Å². The minimum Gasteiger partial charge on any atom is -0.357 e. The molecule has 0 aliphatic rings. The largest absolute Gasteiger partial charge is 0.357 e. The first-order chi connectivity index (χ1) is 13.6. The maximum Gasteiger partial charge on any atom is 0.241 e. The zero-order chi connectivity index (χ0) is 20.2. The molecule has 0 aliphatic heterocycles. The fourth-order valence-corrected chi connectivity index (χ4v) is 2.79. The third-order valence-corrected chi connectivity index (χ3v) is 4.30. The quantitative estimate of drug-likeness (QED) is 0.460. The van der Waals surface area contributed by atoms with Crippen LogP contribution in [-0.4, -0.2) is 38.0 Å². The molecule has 6 heteroatoms. The monoisotopic (exact) mass is 384 g/mol. The molecule has 0 aromatic heterocycles. The number of hydrogen-bond acceptors (Lipinski definition) is 2. The lowest BCUT2D eigenvalue weighted by molar-refractivity contribution is -0.119. The summed E-state index contributed by atoms with van der Waals surface area (Å²) in [7, 11) is 0. The van der Waals surface area contributed by atoms with E-state index in [9.17, 15) is 9.18 Å². The molecule has 28 heavy (non-hydrogen) atoms. The molecule has 2 rings (SSSR count). The average Bonchev–Trinajstić information content (AvgIpc) is 2.68. The highest BCUT2D eigenvalue weighted by Gasteiger charge is 2.04. The van der Waals surface area contributed by atoms with Crippen LogP contribution < -0.4 is 16.0 Å². The number of nitrogens with one attached hydrogen (secondary N) is 3. The van der Waals surface area contributed by atoms with Crippen molar-refractivity contribution < 1.29 is 9.18 Å². The second kappa shape index (κ2) is 11.7. The molecule has 3 N–H and O–H groups in total. The Kier molecular flexibility index (Phi) is 8.98. The van der Waals surface area contributed by atoms with E-state index in [4.69, 9.17) is 0 Å². The van der Waals surface area contributed by atoms with E-state index in [2.05, 4.69) is 20.9 Å². The van der Waals surface area contributed by atoms with Crippen LogP contribution in [0.3, 0.4) is 0 Å². The van der Waals surface area contributed by atoms with Gasteiger partial charge in [-0.2, -0.15) is 0 Å². The number of nitrogens with zero attached hydrogens (tertiary/aromatic N) is 1. The number of aryl methyl sites for hydroxylation is 1. The van der Waals surface area contributed by atoms with Crippen molar-refractivity contribution in [1.29, 1.82) is 0 Å². The Labute approximate surface area is 166 Å². The van der Waals surface area contributed by atoms with Crippen molar-refractivity contribution in [3.05, 3.63) is 71.0 Å². The van der Waals surface area contributed by atoms with Crippen LogP contribution in [-0.2, 0) is 17.6 Å². The highest BCUT2D eigenvalue weighted by atomic mass is 19.1. The van der Waals surface area contributed by atoms with Gasteiger partial charge in [0.2, 0.25) is 5.91 Å². The fraction of sp³-hybridized carbons (Fsp3) is 0.364. The van der Waals surface area contributed by atoms with E-state index in [-0.39, 0.29) is 18.3 Å². The predicted molar refractivity (Wildman–Crippen MR) is 112 cm³/mol. The first-order valence-electron chi connectivity index (χ1n) is 9.66. The summed E-state index contributed by atoms with van der Waals surface area (Å²) in [4.78, 5) is 16.3. The Hall–Kier alpha value is -2.89. The van der Waals surface area contributed by atoms with Crippen LogP contribution in [0.1, 0.15) is 23.6 Å². The Balaban J connectivity index is 1.74. The summed E-state index contributed by atoms with van der Waals surface area (Å²) in [6.07, 6.45) is 1.55. The molecule has 5 nitrogen and oxygen atoms in total. The maximum atomic E-state index is 13.2. The van der Waals surface area contributed by atoms with E-state index in [1.165, 1.54) is 17.7 Å². The van der Waals surface area contributed by atoms with E-state index in [1.54, 1.807) is 6.07 Å². The molecule has 0 bridgehead atoms. The molecule has 2 aromatic rings. The Morgan fingerprint density at radius 2 is 1.75 bits per heavy atom. The molecule has 1 amide bonds. The summed E-state index contributed by atoms with van der Waals surface area (Å²) < 4.78 is 13.2. The van der Waals surface area contributed by atoms with Crippen LogP contribution in [0.5, 0.6) is 0 Å². The summed E-state index contributed by atoms with van der Waals surface area (Å²) >= 11 is 0. The number of carbonyl (C=O) groups is 1. The van der Waals surface area contributed by atoms with Gasteiger partial charge in [-0.1, -0.05) is 36.4 Å². The van der Waals surface area contributed by atoms with Crippen LogP contribution in [0.15, 0.2) is 53.5 Å². The summed E-state index contributed by atoms with van der Waals surface area (Å²) in [5.41, 5.74) is 3.21. The average molecular weight is 384 g/mol. The van der Waals surface area contributed by atoms with Gasteiger partial charge in [0.15, 0.2) is 5.96 Å². The third kappa shape index (κ3) is 7.78. The van der Waals surface area contributed by atoms with Gasteiger partial charge >= 0.3 is 0 Å². The van der Waals surface area contributed by atoms with E-state index in [0.717, 1.165) is 24.0 Å². The molecule has 0 heterocycles. The first kappa shape index (κ1) is 21.4. The third-order valence-electron chi connectivity index (χ3n) is 4.30. The number of halogens is 1. The van der Waals surface area contributed by atoms with E-state index < -0.39 is 0 Å². The summed E-state index contributed by atoms with van der Waals surface area (Å²) in [5.74, 6) is 0.269. The predicted octanol–water partition coefficient (Wildman–Crippen LogP) is 2.59. The summed E-state index contributed by atoms with van der Waals surface area (Å²) in [6, 6.07) is 14.9. The molecule has 0 atom stereocenters. The fourth-order valence-electron chi connectivity index (χ4n) is 2.79. The number of carbonyl (C=O) groups excluding carboxylic acids is 1. The SMILES string of the molecule is CCNC(=NCC(=O)NCCc1ccccc1)NCCc1ccc(F)cc1C. The highest BCUT2D eigenvalue weighted by Crippen LogP contribution is 2.10.